The van der Waals surface area contributed by atoms with Crippen LogP contribution in [0.3, 0.4) is 0 Å². The first-order valence-electron chi connectivity index (χ1n) is 4.72. The fourth-order valence-corrected chi connectivity index (χ4v) is 2.51. The van der Waals surface area contributed by atoms with Gasteiger partial charge >= 0.3 is 0 Å². The maximum atomic E-state index is 5.98. The van der Waals surface area contributed by atoms with Gasteiger partial charge in [0.1, 0.15) is 5.75 Å². The van der Waals surface area contributed by atoms with E-state index in [1.54, 1.807) is 18.7 Å². The van der Waals surface area contributed by atoms with Crippen LogP contribution in [0, 0.1) is 0 Å². The van der Waals surface area contributed by atoms with Crippen LogP contribution < -0.4 is 10.5 Å². The molecular weight excluding hydrogens is 244 g/mol. The molecule has 0 aliphatic heterocycles. The van der Waals surface area contributed by atoms with Gasteiger partial charge in [-0.25, -0.2) is 4.98 Å². The zero-order valence-electron chi connectivity index (χ0n) is 8.74. The second-order valence-electron chi connectivity index (χ2n) is 3.18. The number of hydrogen-bond donors (Lipinski definition) is 1. The first kappa shape index (κ1) is 11.4. The number of hydrogen-bond acceptors (Lipinski definition) is 4. The predicted octanol–water partition coefficient (Wildman–Crippen LogP) is 2.93. The molecule has 2 rings (SSSR count). The summed E-state index contributed by atoms with van der Waals surface area (Å²) in [4.78, 5) is 5.23. The summed E-state index contributed by atoms with van der Waals surface area (Å²) in [5, 5.41) is 0.673. The van der Waals surface area contributed by atoms with Crippen molar-refractivity contribution in [3.05, 3.63) is 34.4 Å². The number of benzene rings is 1. The molecule has 0 amide bonds. The molecule has 0 fully saturated rings. The Hall–Kier alpha value is -1.10. The third kappa shape index (κ3) is 2.04. The first-order chi connectivity index (χ1) is 7.76. The van der Waals surface area contributed by atoms with Crippen molar-refractivity contribution < 1.29 is 4.74 Å². The van der Waals surface area contributed by atoms with E-state index in [9.17, 15) is 0 Å². The third-order valence-electron chi connectivity index (χ3n) is 2.24. The molecule has 16 heavy (non-hydrogen) atoms. The number of nitrogens with zero attached hydrogens (tertiary/aromatic N) is 1. The molecule has 3 nitrogen and oxygen atoms in total. The molecule has 0 saturated heterocycles. The van der Waals surface area contributed by atoms with Gasteiger partial charge in [0.05, 0.1) is 23.2 Å². The summed E-state index contributed by atoms with van der Waals surface area (Å²) >= 11 is 7.52. The number of rotatable bonds is 3. The van der Waals surface area contributed by atoms with Crippen LogP contribution in [0.5, 0.6) is 5.75 Å². The highest BCUT2D eigenvalue weighted by molar-refractivity contribution is 7.13. The van der Waals surface area contributed by atoms with E-state index in [4.69, 9.17) is 22.1 Å². The summed E-state index contributed by atoms with van der Waals surface area (Å²) in [5.74, 6) is 0.781. The van der Waals surface area contributed by atoms with Crippen molar-refractivity contribution in [1.29, 1.82) is 0 Å². The zero-order chi connectivity index (χ0) is 11.5. The summed E-state index contributed by atoms with van der Waals surface area (Å²) in [5.41, 5.74) is 9.22. The molecule has 1 aromatic carbocycles. The second-order valence-corrected chi connectivity index (χ2v) is 4.47. The minimum atomic E-state index is 0.411. The fourth-order valence-electron chi connectivity index (χ4n) is 1.49. The summed E-state index contributed by atoms with van der Waals surface area (Å²) in [6, 6.07) is 5.51. The normalized spacial score (nSPS) is 10.4. The smallest absolute Gasteiger partial charge is 0.127 e. The highest BCUT2D eigenvalue weighted by atomic mass is 35.5. The molecule has 1 heterocycles. The lowest BCUT2D eigenvalue weighted by atomic mass is 10.1. The average molecular weight is 255 g/mol. The molecular formula is C11H11ClN2OS. The topological polar surface area (TPSA) is 48.1 Å². The third-order valence-corrected chi connectivity index (χ3v) is 3.38. The zero-order valence-corrected chi connectivity index (χ0v) is 10.3. The van der Waals surface area contributed by atoms with Crippen LogP contribution in [0.1, 0.15) is 5.69 Å². The van der Waals surface area contributed by atoms with E-state index in [1.165, 1.54) is 11.3 Å². The van der Waals surface area contributed by atoms with Crippen molar-refractivity contribution in [2.75, 3.05) is 7.11 Å². The van der Waals surface area contributed by atoms with Crippen LogP contribution in [-0.4, -0.2) is 12.1 Å². The Balaban J connectivity index is 2.58. The predicted molar refractivity (Wildman–Crippen MR) is 67.0 cm³/mol. The summed E-state index contributed by atoms with van der Waals surface area (Å²) in [6.45, 7) is 0.411. The lowest BCUT2D eigenvalue weighted by Crippen LogP contribution is -1.98. The van der Waals surface area contributed by atoms with Gasteiger partial charge in [0.2, 0.25) is 0 Å². The Morgan fingerprint density at radius 1 is 1.50 bits per heavy atom. The number of methoxy groups -OCH3 is 1. The van der Waals surface area contributed by atoms with Crippen LogP contribution in [0.2, 0.25) is 5.02 Å². The van der Waals surface area contributed by atoms with Crippen molar-refractivity contribution in [3.63, 3.8) is 0 Å². The largest absolute Gasteiger partial charge is 0.496 e. The van der Waals surface area contributed by atoms with Gasteiger partial charge in [-0.2, -0.15) is 0 Å². The number of nitrogens with two attached hydrogens (primary N) is 1. The number of ether oxygens (including phenoxy) is 1. The average Bonchev–Trinajstić information content (AvgIpc) is 2.76. The Morgan fingerprint density at radius 2 is 2.31 bits per heavy atom. The first-order valence-corrected chi connectivity index (χ1v) is 5.98. The second kappa shape index (κ2) is 4.82. The fraction of sp³-hybridized carbons (Fsp3) is 0.182. The quantitative estimate of drug-likeness (QED) is 0.916. The van der Waals surface area contributed by atoms with Gasteiger partial charge in [-0.3, -0.25) is 0 Å². The molecule has 2 aromatic rings. The van der Waals surface area contributed by atoms with Gasteiger partial charge < -0.3 is 10.5 Å². The van der Waals surface area contributed by atoms with Crippen LogP contribution in [-0.2, 0) is 6.54 Å². The van der Waals surface area contributed by atoms with E-state index in [0.29, 0.717) is 11.6 Å². The molecule has 0 saturated carbocycles. The molecule has 1 aromatic heterocycles. The van der Waals surface area contributed by atoms with Gasteiger partial charge in [0, 0.05) is 17.1 Å². The van der Waals surface area contributed by atoms with Crippen molar-refractivity contribution >= 4 is 22.9 Å². The Labute approximate surface area is 103 Å². The molecule has 0 unspecified atom stereocenters. The minimum absolute atomic E-state index is 0.411. The summed E-state index contributed by atoms with van der Waals surface area (Å²) in [6.07, 6.45) is 0. The Bertz CT molecular complexity index is 498. The highest BCUT2D eigenvalue weighted by Crippen LogP contribution is 2.36. The monoisotopic (exact) mass is 254 g/mol. The molecule has 2 N–H and O–H groups in total. The standard InChI is InChI=1S/C11H11ClN2OS/c1-15-10-3-2-7(12)4-8(10)11-9(5-13)14-6-16-11/h2-4,6H,5,13H2,1H3. The maximum Gasteiger partial charge on any atom is 0.127 e. The van der Waals surface area contributed by atoms with Crippen LogP contribution in [0.15, 0.2) is 23.7 Å². The maximum absolute atomic E-state index is 5.98. The van der Waals surface area contributed by atoms with Crippen molar-refractivity contribution in [3.8, 4) is 16.2 Å². The van der Waals surface area contributed by atoms with E-state index in [1.807, 2.05) is 12.1 Å². The van der Waals surface area contributed by atoms with Gasteiger partial charge in [0.15, 0.2) is 0 Å². The number of thiazole rings is 1. The van der Waals surface area contributed by atoms with E-state index in [-0.39, 0.29) is 0 Å². The number of aromatic nitrogens is 1. The lowest BCUT2D eigenvalue weighted by molar-refractivity contribution is 0.416. The highest BCUT2D eigenvalue weighted by Gasteiger charge is 2.12. The SMILES string of the molecule is COc1ccc(Cl)cc1-c1scnc1CN. The van der Waals surface area contributed by atoms with Crippen LogP contribution >= 0.6 is 22.9 Å². The van der Waals surface area contributed by atoms with E-state index >= 15 is 0 Å². The number of halogens is 1. The lowest BCUT2D eigenvalue weighted by Gasteiger charge is -2.08. The van der Waals surface area contributed by atoms with Crippen LogP contribution in [0.25, 0.3) is 10.4 Å². The van der Waals surface area contributed by atoms with Crippen LogP contribution in [0.4, 0.5) is 0 Å². The van der Waals surface area contributed by atoms with E-state index in [2.05, 4.69) is 4.98 Å². The molecule has 0 spiro atoms. The Kier molecular flexibility index (Phi) is 3.43. The summed E-state index contributed by atoms with van der Waals surface area (Å²) in [7, 11) is 1.63. The molecule has 84 valence electrons. The van der Waals surface area contributed by atoms with E-state index in [0.717, 1.165) is 21.9 Å². The molecule has 0 radical (unpaired) electrons. The van der Waals surface area contributed by atoms with Gasteiger partial charge in [0.25, 0.3) is 0 Å². The summed E-state index contributed by atoms with van der Waals surface area (Å²) < 4.78 is 5.30. The van der Waals surface area contributed by atoms with E-state index < -0.39 is 0 Å². The van der Waals surface area contributed by atoms with Crippen molar-refractivity contribution in [2.24, 2.45) is 5.73 Å². The molecule has 0 atom stereocenters. The molecule has 0 aliphatic carbocycles. The van der Waals surface area contributed by atoms with Gasteiger partial charge in [-0.15, -0.1) is 11.3 Å². The molecule has 0 bridgehead atoms. The van der Waals surface area contributed by atoms with Crippen molar-refractivity contribution in [1.82, 2.24) is 4.98 Å². The van der Waals surface area contributed by atoms with Gasteiger partial charge in [-0.05, 0) is 18.2 Å². The molecule has 0 aliphatic rings. The van der Waals surface area contributed by atoms with Gasteiger partial charge in [-0.1, -0.05) is 11.6 Å². The van der Waals surface area contributed by atoms with Crippen molar-refractivity contribution in [2.45, 2.75) is 6.54 Å². The minimum Gasteiger partial charge on any atom is -0.496 e. The molecule has 5 heteroatoms. The Morgan fingerprint density at radius 3 is 3.00 bits per heavy atom.